The molecule has 0 radical (unpaired) electrons. The molecule has 0 unspecified atom stereocenters. The van der Waals surface area contributed by atoms with E-state index in [1.165, 1.54) is 0 Å². The van der Waals surface area contributed by atoms with Crippen LogP contribution in [0, 0.1) is 16.0 Å². The summed E-state index contributed by atoms with van der Waals surface area (Å²) in [4.78, 5) is 3.03. The van der Waals surface area contributed by atoms with E-state index in [1.54, 1.807) is 6.07 Å². The molecule has 5 heteroatoms. The molecule has 4 nitrogen and oxygen atoms in total. The summed E-state index contributed by atoms with van der Waals surface area (Å²) in [6.07, 6.45) is 0. The van der Waals surface area contributed by atoms with Crippen LogP contribution in [0.3, 0.4) is 0 Å². The average Bonchev–Trinajstić information content (AvgIpc) is 2.85. The zero-order valence-electron chi connectivity index (χ0n) is 9.27. The molecule has 0 spiro atoms. The zero-order chi connectivity index (χ0) is 12.5. The van der Waals surface area contributed by atoms with Crippen LogP contribution in [0.15, 0.2) is 30.3 Å². The SMILES string of the molecule is N#Cc1ccc(-c2ccc3c(c2)OCO3)[nH]c1=S. The molecule has 3 rings (SSSR count). The molecule has 2 aromatic rings. The summed E-state index contributed by atoms with van der Waals surface area (Å²) >= 11 is 5.10. The van der Waals surface area contributed by atoms with E-state index in [-0.39, 0.29) is 6.79 Å². The van der Waals surface area contributed by atoms with Crippen molar-refractivity contribution in [2.45, 2.75) is 0 Å². The number of benzene rings is 1. The van der Waals surface area contributed by atoms with Gasteiger partial charge in [-0.1, -0.05) is 12.2 Å². The van der Waals surface area contributed by atoms with Crippen LogP contribution in [0.5, 0.6) is 11.5 Å². The standard InChI is InChI=1S/C13H8N2O2S/c14-6-9-1-3-10(15-13(9)18)8-2-4-11-12(5-8)17-7-16-11/h1-5H,7H2,(H,15,18). The van der Waals surface area contributed by atoms with Crippen molar-refractivity contribution in [2.75, 3.05) is 6.79 Å². The molecule has 18 heavy (non-hydrogen) atoms. The van der Waals surface area contributed by atoms with Crippen molar-refractivity contribution in [3.05, 3.63) is 40.5 Å². The van der Waals surface area contributed by atoms with Crippen molar-refractivity contribution in [3.8, 4) is 28.8 Å². The van der Waals surface area contributed by atoms with E-state index >= 15 is 0 Å². The van der Waals surface area contributed by atoms with Crippen molar-refractivity contribution in [1.29, 1.82) is 5.26 Å². The number of hydrogen-bond acceptors (Lipinski definition) is 4. The Bertz CT molecular complexity index is 716. The predicted molar refractivity (Wildman–Crippen MR) is 67.9 cm³/mol. The van der Waals surface area contributed by atoms with E-state index in [0.717, 1.165) is 22.8 Å². The van der Waals surface area contributed by atoms with Crippen LogP contribution in [0.1, 0.15) is 5.56 Å². The minimum Gasteiger partial charge on any atom is -0.454 e. The average molecular weight is 256 g/mol. The first kappa shape index (κ1) is 10.8. The first-order chi connectivity index (χ1) is 8.78. The summed E-state index contributed by atoms with van der Waals surface area (Å²) in [6, 6.07) is 11.2. The second-order valence-electron chi connectivity index (χ2n) is 3.79. The van der Waals surface area contributed by atoms with Crippen LogP contribution in [0.25, 0.3) is 11.3 Å². The first-order valence-corrected chi connectivity index (χ1v) is 5.72. The number of pyridine rings is 1. The summed E-state index contributed by atoms with van der Waals surface area (Å²) < 4.78 is 11.0. The van der Waals surface area contributed by atoms with Crippen molar-refractivity contribution in [2.24, 2.45) is 0 Å². The van der Waals surface area contributed by atoms with Crippen molar-refractivity contribution in [3.63, 3.8) is 0 Å². The lowest BCUT2D eigenvalue weighted by Gasteiger charge is -2.04. The van der Waals surface area contributed by atoms with E-state index in [0.29, 0.717) is 10.2 Å². The van der Waals surface area contributed by atoms with Crippen LogP contribution in [-0.2, 0) is 0 Å². The largest absolute Gasteiger partial charge is 0.454 e. The number of aromatic amines is 1. The predicted octanol–water partition coefficient (Wildman–Crippen LogP) is 3.01. The van der Waals surface area contributed by atoms with Gasteiger partial charge in [0.1, 0.15) is 10.7 Å². The summed E-state index contributed by atoms with van der Waals surface area (Å²) in [5.74, 6) is 1.46. The number of nitrogens with zero attached hydrogens (tertiary/aromatic N) is 1. The van der Waals surface area contributed by atoms with Crippen LogP contribution in [0.2, 0.25) is 0 Å². The lowest BCUT2D eigenvalue weighted by Crippen LogP contribution is -1.92. The second-order valence-corrected chi connectivity index (χ2v) is 4.20. The Morgan fingerprint density at radius 2 is 2.00 bits per heavy atom. The Morgan fingerprint density at radius 3 is 2.78 bits per heavy atom. The maximum Gasteiger partial charge on any atom is 0.231 e. The van der Waals surface area contributed by atoms with Gasteiger partial charge in [-0.05, 0) is 30.3 Å². The van der Waals surface area contributed by atoms with Gasteiger partial charge in [0.2, 0.25) is 6.79 Å². The maximum atomic E-state index is 8.83. The fraction of sp³-hybridized carbons (Fsp3) is 0.0769. The molecule has 0 aliphatic carbocycles. The van der Waals surface area contributed by atoms with E-state index in [2.05, 4.69) is 4.98 Å². The molecule has 0 saturated carbocycles. The Kier molecular flexibility index (Phi) is 2.50. The summed E-state index contributed by atoms with van der Waals surface area (Å²) in [5.41, 5.74) is 2.25. The highest BCUT2D eigenvalue weighted by atomic mass is 32.1. The van der Waals surface area contributed by atoms with E-state index < -0.39 is 0 Å². The lowest BCUT2D eigenvalue weighted by molar-refractivity contribution is 0.174. The van der Waals surface area contributed by atoms with Gasteiger partial charge in [0.15, 0.2) is 11.5 Å². The fourth-order valence-electron chi connectivity index (χ4n) is 1.79. The Morgan fingerprint density at radius 1 is 1.17 bits per heavy atom. The van der Waals surface area contributed by atoms with Gasteiger partial charge in [0, 0.05) is 11.3 Å². The molecule has 1 aromatic carbocycles. The fourth-order valence-corrected chi connectivity index (χ4v) is 2.02. The van der Waals surface area contributed by atoms with Gasteiger partial charge in [0.25, 0.3) is 0 Å². The topological polar surface area (TPSA) is 58.0 Å². The summed E-state index contributed by atoms with van der Waals surface area (Å²) in [6.45, 7) is 0.252. The third-order valence-corrected chi connectivity index (χ3v) is 3.04. The molecule has 1 aliphatic rings. The second kappa shape index (κ2) is 4.17. The number of H-pyrrole nitrogens is 1. The molecule has 0 fully saturated rings. The first-order valence-electron chi connectivity index (χ1n) is 5.31. The molecule has 0 atom stereocenters. The van der Waals surface area contributed by atoms with Gasteiger partial charge in [-0.15, -0.1) is 0 Å². The molecule has 88 valence electrons. The maximum absolute atomic E-state index is 8.83. The Balaban J connectivity index is 2.08. The van der Waals surface area contributed by atoms with Crippen LogP contribution in [-0.4, -0.2) is 11.8 Å². The van der Waals surface area contributed by atoms with E-state index in [4.69, 9.17) is 27.0 Å². The van der Waals surface area contributed by atoms with Gasteiger partial charge in [-0.3, -0.25) is 0 Å². The van der Waals surface area contributed by atoms with E-state index in [1.807, 2.05) is 30.3 Å². The minimum absolute atomic E-state index is 0.252. The minimum atomic E-state index is 0.252. The van der Waals surface area contributed by atoms with Gasteiger partial charge in [-0.25, -0.2) is 0 Å². The lowest BCUT2D eigenvalue weighted by atomic mass is 10.1. The van der Waals surface area contributed by atoms with Gasteiger partial charge in [-0.2, -0.15) is 5.26 Å². The summed E-state index contributed by atoms with van der Waals surface area (Å²) in [5, 5.41) is 8.83. The van der Waals surface area contributed by atoms with Crippen molar-refractivity contribution in [1.82, 2.24) is 4.98 Å². The zero-order valence-corrected chi connectivity index (χ0v) is 10.1. The summed E-state index contributed by atoms with van der Waals surface area (Å²) in [7, 11) is 0. The highest BCUT2D eigenvalue weighted by Crippen LogP contribution is 2.35. The molecule has 0 saturated heterocycles. The third kappa shape index (κ3) is 1.73. The van der Waals surface area contributed by atoms with E-state index in [9.17, 15) is 0 Å². The van der Waals surface area contributed by atoms with Crippen LogP contribution in [0.4, 0.5) is 0 Å². The molecule has 2 heterocycles. The van der Waals surface area contributed by atoms with Crippen molar-refractivity contribution < 1.29 is 9.47 Å². The third-order valence-electron chi connectivity index (χ3n) is 2.71. The number of nitrogens with one attached hydrogen (secondary N) is 1. The van der Waals surface area contributed by atoms with Crippen molar-refractivity contribution >= 4 is 12.2 Å². The molecule has 0 bridgehead atoms. The normalized spacial score (nSPS) is 12.2. The quantitative estimate of drug-likeness (QED) is 0.797. The van der Waals surface area contributed by atoms with Crippen LogP contribution >= 0.6 is 12.2 Å². The van der Waals surface area contributed by atoms with Gasteiger partial charge in [0.05, 0.1) is 5.56 Å². The highest BCUT2D eigenvalue weighted by Gasteiger charge is 2.14. The Hall–Kier alpha value is -2.32. The smallest absolute Gasteiger partial charge is 0.231 e. The van der Waals surface area contributed by atoms with Crippen LogP contribution < -0.4 is 9.47 Å². The molecule has 1 N–H and O–H groups in total. The van der Waals surface area contributed by atoms with Gasteiger partial charge < -0.3 is 14.5 Å². The Labute approximate surface area is 108 Å². The molecule has 1 aliphatic heterocycles. The number of ether oxygens (including phenoxy) is 2. The van der Waals surface area contributed by atoms with Gasteiger partial charge >= 0.3 is 0 Å². The monoisotopic (exact) mass is 256 g/mol. The number of rotatable bonds is 1. The number of hydrogen-bond donors (Lipinski definition) is 1. The number of aromatic nitrogens is 1. The molecular formula is C13H8N2O2S. The molecule has 0 amide bonds. The highest BCUT2D eigenvalue weighted by molar-refractivity contribution is 7.71. The number of nitriles is 1. The number of fused-ring (bicyclic) bond motifs is 1. The molecular weight excluding hydrogens is 248 g/mol. The molecule has 1 aromatic heterocycles.